The zero-order valence-corrected chi connectivity index (χ0v) is 15.9. The van der Waals surface area contributed by atoms with Gasteiger partial charge in [-0.05, 0) is 30.3 Å². The van der Waals surface area contributed by atoms with Gasteiger partial charge in [0.25, 0.3) is 0 Å². The van der Waals surface area contributed by atoms with E-state index in [0.717, 1.165) is 43.4 Å². The summed E-state index contributed by atoms with van der Waals surface area (Å²) in [6.45, 7) is 3.19. The van der Waals surface area contributed by atoms with E-state index in [9.17, 15) is 0 Å². The van der Waals surface area contributed by atoms with Crippen LogP contribution in [0.2, 0.25) is 0 Å². The number of nitrogens with zero attached hydrogens (tertiary/aromatic N) is 5. The molecular weight excluding hydrogens is 358 g/mol. The molecule has 1 saturated heterocycles. The number of pyridine rings is 1. The lowest BCUT2D eigenvalue weighted by atomic mass is 10.2. The molecule has 0 amide bonds. The molecule has 2 aromatic heterocycles. The third-order valence-electron chi connectivity index (χ3n) is 4.50. The Morgan fingerprint density at radius 2 is 2.00 bits per heavy atom. The standard InChI is InChI=1S/C19H23N7O2/c1-20-19-23-18(24-26(19)17-5-3-4-8-21-17)22-15-13-14(6-7-16(15)27-2)25-9-11-28-12-10-25/h3-8,13H,9-12H2,1-2H3,(H2,20,22,23,24). The molecule has 9 heteroatoms. The quantitative estimate of drug-likeness (QED) is 0.672. The second kappa shape index (κ2) is 8.13. The van der Waals surface area contributed by atoms with Crippen LogP contribution >= 0.6 is 0 Å². The predicted octanol–water partition coefficient (Wildman–Crippen LogP) is 2.29. The van der Waals surface area contributed by atoms with Crippen molar-refractivity contribution in [3.63, 3.8) is 0 Å². The molecule has 0 spiro atoms. The van der Waals surface area contributed by atoms with E-state index in [-0.39, 0.29) is 0 Å². The van der Waals surface area contributed by atoms with E-state index in [1.165, 1.54) is 0 Å². The summed E-state index contributed by atoms with van der Waals surface area (Å²) in [6, 6.07) is 11.7. The predicted molar refractivity (Wildman–Crippen MR) is 108 cm³/mol. The molecule has 9 nitrogen and oxygen atoms in total. The van der Waals surface area contributed by atoms with Crippen molar-refractivity contribution in [3.05, 3.63) is 42.6 Å². The van der Waals surface area contributed by atoms with Gasteiger partial charge in [0.1, 0.15) is 5.75 Å². The fraction of sp³-hybridized carbons (Fsp3) is 0.316. The van der Waals surface area contributed by atoms with Gasteiger partial charge in [0.05, 0.1) is 26.0 Å². The largest absolute Gasteiger partial charge is 0.495 e. The second-order valence-electron chi connectivity index (χ2n) is 6.22. The average molecular weight is 381 g/mol. The highest BCUT2D eigenvalue weighted by atomic mass is 16.5. The van der Waals surface area contributed by atoms with Gasteiger partial charge in [0.15, 0.2) is 5.82 Å². The normalized spacial score (nSPS) is 14.0. The first-order valence-corrected chi connectivity index (χ1v) is 9.12. The number of morpholine rings is 1. The van der Waals surface area contributed by atoms with Crippen molar-refractivity contribution in [1.29, 1.82) is 0 Å². The number of benzene rings is 1. The molecule has 3 aromatic rings. The number of nitrogens with one attached hydrogen (secondary N) is 2. The van der Waals surface area contributed by atoms with Crippen molar-refractivity contribution in [3.8, 4) is 11.6 Å². The lowest BCUT2D eigenvalue weighted by Crippen LogP contribution is -2.36. The van der Waals surface area contributed by atoms with Gasteiger partial charge >= 0.3 is 0 Å². The van der Waals surface area contributed by atoms with E-state index in [4.69, 9.17) is 9.47 Å². The summed E-state index contributed by atoms with van der Waals surface area (Å²) < 4.78 is 12.6. The van der Waals surface area contributed by atoms with Gasteiger partial charge in [-0.2, -0.15) is 9.67 Å². The summed E-state index contributed by atoms with van der Waals surface area (Å²) >= 11 is 0. The number of aromatic nitrogens is 4. The number of methoxy groups -OCH3 is 1. The molecule has 0 aliphatic carbocycles. The molecule has 4 rings (SSSR count). The number of rotatable bonds is 6. The van der Waals surface area contributed by atoms with E-state index in [0.29, 0.717) is 17.7 Å². The van der Waals surface area contributed by atoms with Crippen LogP contribution in [-0.4, -0.2) is 60.2 Å². The molecule has 28 heavy (non-hydrogen) atoms. The van der Waals surface area contributed by atoms with Crippen molar-refractivity contribution in [2.24, 2.45) is 0 Å². The molecule has 1 aromatic carbocycles. The third-order valence-corrected chi connectivity index (χ3v) is 4.50. The van der Waals surface area contributed by atoms with Crippen molar-refractivity contribution in [1.82, 2.24) is 19.7 Å². The van der Waals surface area contributed by atoms with Gasteiger partial charge in [0.2, 0.25) is 11.9 Å². The maximum absolute atomic E-state index is 5.51. The van der Waals surface area contributed by atoms with Crippen LogP contribution < -0.4 is 20.3 Å². The SMILES string of the molecule is CNc1nc(Nc2cc(N3CCOCC3)ccc2OC)nn1-c1ccccn1. The maximum atomic E-state index is 5.51. The highest BCUT2D eigenvalue weighted by molar-refractivity contribution is 5.69. The van der Waals surface area contributed by atoms with Crippen molar-refractivity contribution >= 4 is 23.3 Å². The van der Waals surface area contributed by atoms with Crippen LogP contribution in [0.3, 0.4) is 0 Å². The number of hydrogen-bond acceptors (Lipinski definition) is 8. The van der Waals surface area contributed by atoms with Crippen LogP contribution in [0.4, 0.5) is 23.3 Å². The van der Waals surface area contributed by atoms with Gasteiger partial charge in [-0.25, -0.2) is 4.98 Å². The molecular formula is C19H23N7O2. The summed E-state index contributed by atoms with van der Waals surface area (Å²) in [5, 5.41) is 10.9. The third kappa shape index (κ3) is 3.70. The number of ether oxygens (including phenoxy) is 2. The Hall–Kier alpha value is -3.33. The Balaban J connectivity index is 1.64. The Morgan fingerprint density at radius 1 is 1.14 bits per heavy atom. The topological polar surface area (TPSA) is 89.4 Å². The minimum Gasteiger partial charge on any atom is -0.495 e. The van der Waals surface area contributed by atoms with Crippen LogP contribution in [0.1, 0.15) is 0 Å². The minimum atomic E-state index is 0.451. The highest BCUT2D eigenvalue weighted by Crippen LogP contribution is 2.32. The van der Waals surface area contributed by atoms with Gasteiger partial charge in [0, 0.05) is 32.0 Å². The van der Waals surface area contributed by atoms with Crippen LogP contribution in [0, 0.1) is 0 Å². The highest BCUT2D eigenvalue weighted by Gasteiger charge is 2.16. The summed E-state index contributed by atoms with van der Waals surface area (Å²) in [5.74, 6) is 2.44. The molecule has 0 radical (unpaired) electrons. The molecule has 1 aliphatic rings. The minimum absolute atomic E-state index is 0.451. The van der Waals surface area contributed by atoms with E-state index in [1.807, 2.05) is 36.4 Å². The van der Waals surface area contributed by atoms with E-state index in [1.54, 1.807) is 25.0 Å². The number of hydrogen-bond donors (Lipinski definition) is 2. The van der Waals surface area contributed by atoms with Crippen molar-refractivity contribution < 1.29 is 9.47 Å². The molecule has 3 heterocycles. The summed E-state index contributed by atoms with van der Waals surface area (Å²) in [6.07, 6.45) is 1.72. The van der Waals surface area contributed by atoms with Crippen molar-refractivity contribution in [2.75, 3.05) is 56.0 Å². The summed E-state index contributed by atoms with van der Waals surface area (Å²) in [7, 11) is 3.45. The lowest BCUT2D eigenvalue weighted by Gasteiger charge is -2.29. The van der Waals surface area contributed by atoms with Crippen LogP contribution in [0.25, 0.3) is 5.82 Å². The maximum Gasteiger partial charge on any atom is 0.249 e. The molecule has 0 unspecified atom stereocenters. The zero-order chi connectivity index (χ0) is 19.3. The second-order valence-corrected chi connectivity index (χ2v) is 6.22. The lowest BCUT2D eigenvalue weighted by molar-refractivity contribution is 0.122. The summed E-state index contributed by atoms with van der Waals surface area (Å²) in [5.41, 5.74) is 1.90. The van der Waals surface area contributed by atoms with Crippen molar-refractivity contribution in [2.45, 2.75) is 0 Å². The van der Waals surface area contributed by atoms with Gasteiger partial charge in [-0.3, -0.25) is 0 Å². The average Bonchev–Trinajstić information content (AvgIpc) is 3.18. The first kappa shape index (κ1) is 18.1. The Bertz CT molecular complexity index is 923. The molecule has 0 saturated carbocycles. The van der Waals surface area contributed by atoms with Gasteiger partial charge in [-0.1, -0.05) is 6.07 Å². The zero-order valence-electron chi connectivity index (χ0n) is 15.9. The van der Waals surface area contributed by atoms with Crippen LogP contribution in [-0.2, 0) is 4.74 Å². The van der Waals surface area contributed by atoms with E-state index < -0.39 is 0 Å². The fourth-order valence-corrected chi connectivity index (χ4v) is 3.10. The monoisotopic (exact) mass is 381 g/mol. The Kier molecular flexibility index (Phi) is 5.24. The first-order chi connectivity index (χ1) is 13.8. The van der Waals surface area contributed by atoms with E-state index in [2.05, 4.69) is 30.6 Å². The molecule has 1 aliphatic heterocycles. The fourth-order valence-electron chi connectivity index (χ4n) is 3.10. The Morgan fingerprint density at radius 3 is 2.71 bits per heavy atom. The molecule has 2 N–H and O–H groups in total. The summed E-state index contributed by atoms with van der Waals surface area (Å²) in [4.78, 5) is 11.1. The smallest absolute Gasteiger partial charge is 0.249 e. The van der Waals surface area contributed by atoms with Crippen LogP contribution in [0.5, 0.6) is 5.75 Å². The first-order valence-electron chi connectivity index (χ1n) is 9.12. The number of anilines is 4. The Labute approximate surface area is 163 Å². The molecule has 0 atom stereocenters. The molecule has 146 valence electrons. The van der Waals surface area contributed by atoms with Gasteiger partial charge < -0.3 is 25.0 Å². The van der Waals surface area contributed by atoms with E-state index >= 15 is 0 Å². The van der Waals surface area contributed by atoms with Crippen LogP contribution in [0.15, 0.2) is 42.6 Å². The molecule has 1 fully saturated rings. The molecule has 0 bridgehead atoms. The van der Waals surface area contributed by atoms with Gasteiger partial charge in [-0.15, -0.1) is 5.10 Å².